The standard InChI is InChI=1S/C8H14F2INO/c9-7(10)8(13)1-4-12(5-2-8)6-3-11/h7,13H,1-6H2. The van der Waals surface area contributed by atoms with Gasteiger partial charge in [-0.25, -0.2) is 8.78 Å². The van der Waals surface area contributed by atoms with E-state index in [2.05, 4.69) is 27.5 Å². The lowest BCUT2D eigenvalue weighted by Crippen LogP contribution is -2.49. The van der Waals surface area contributed by atoms with E-state index in [1.165, 1.54) is 0 Å². The second-order valence-electron chi connectivity index (χ2n) is 3.43. The highest BCUT2D eigenvalue weighted by Crippen LogP contribution is 2.28. The van der Waals surface area contributed by atoms with Crippen LogP contribution in [-0.2, 0) is 0 Å². The van der Waals surface area contributed by atoms with Crippen LogP contribution in [0.25, 0.3) is 0 Å². The zero-order valence-corrected chi connectivity index (χ0v) is 9.51. The minimum Gasteiger partial charge on any atom is -0.384 e. The number of rotatable bonds is 3. The van der Waals surface area contributed by atoms with Crippen molar-refractivity contribution in [3.05, 3.63) is 0 Å². The molecule has 0 aromatic heterocycles. The second kappa shape index (κ2) is 4.84. The predicted molar refractivity (Wildman–Crippen MR) is 55.5 cm³/mol. The number of aliphatic hydroxyl groups is 1. The van der Waals surface area contributed by atoms with Gasteiger partial charge in [-0.1, -0.05) is 22.6 Å². The second-order valence-corrected chi connectivity index (χ2v) is 4.51. The van der Waals surface area contributed by atoms with Crippen LogP contribution in [0.4, 0.5) is 8.78 Å². The predicted octanol–water partition coefficient (Wildman–Crippen LogP) is 1.51. The molecule has 1 heterocycles. The summed E-state index contributed by atoms with van der Waals surface area (Å²) in [5.41, 5.74) is -1.72. The number of piperidine rings is 1. The Kier molecular flexibility index (Phi) is 4.31. The van der Waals surface area contributed by atoms with Crippen molar-refractivity contribution in [3.63, 3.8) is 0 Å². The monoisotopic (exact) mass is 305 g/mol. The van der Waals surface area contributed by atoms with Crippen LogP contribution in [0.5, 0.6) is 0 Å². The van der Waals surface area contributed by atoms with Crippen molar-refractivity contribution < 1.29 is 13.9 Å². The fourth-order valence-corrected chi connectivity index (χ4v) is 2.18. The third-order valence-electron chi connectivity index (χ3n) is 2.53. The summed E-state index contributed by atoms with van der Waals surface area (Å²) >= 11 is 2.26. The Morgan fingerprint density at radius 1 is 1.38 bits per heavy atom. The fraction of sp³-hybridized carbons (Fsp3) is 1.00. The van der Waals surface area contributed by atoms with Gasteiger partial charge in [0, 0.05) is 24.1 Å². The number of hydrogen-bond acceptors (Lipinski definition) is 2. The van der Waals surface area contributed by atoms with Crippen molar-refractivity contribution in [1.29, 1.82) is 0 Å². The maximum Gasteiger partial charge on any atom is 0.266 e. The van der Waals surface area contributed by atoms with Crippen LogP contribution in [0, 0.1) is 0 Å². The third kappa shape index (κ3) is 2.99. The minimum absolute atomic E-state index is 0.196. The molecule has 0 spiro atoms. The van der Waals surface area contributed by atoms with E-state index in [0.29, 0.717) is 13.1 Å². The van der Waals surface area contributed by atoms with Gasteiger partial charge < -0.3 is 10.0 Å². The summed E-state index contributed by atoms with van der Waals surface area (Å²) in [5.74, 6) is 0. The summed E-state index contributed by atoms with van der Waals surface area (Å²) in [6, 6.07) is 0. The molecule has 1 rings (SSSR count). The Morgan fingerprint density at radius 3 is 2.31 bits per heavy atom. The molecular formula is C8H14F2INO. The Balaban J connectivity index is 2.37. The minimum atomic E-state index is -2.60. The SMILES string of the molecule is OC1(C(F)F)CCN(CCI)CC1. The smallest absolute Gasteiger partial charge is 0.266 e. The molecule has 1 aliphatic heterocycles. The van der Waals surface area contributed by atoms with Gasteiger partial charge in [-0.3, -0.25) is 0 Å². The van der Waals surface area contributed by atoms with E-state index in [9.17, 15) is 13.9 Å². The van der Waals surface area contributed by atoms with Gasteiger partial charge in [-0.15, -0.1) is 0 Å². The number of hydrogen-bond donors (Lipinski definition) is 1. The quantitative estimate of drug-likeness (QED) is 0.631. The lowest BCUT2D eigenvalue weighted by atomic mass is 9.92. The molecule has 0 amide bonds. The maximum absolute atomic E-state index is 12.3. The van der Waals surface area contributed by atoms with E-state index < -0.39 is 12.0 Å². The van der Waals surface area contributed by atoms with Crippen molar-refractivity contribution >= 4 is 22.6 Å². The van der Waals surface area contributed by atoms with Crippen molar-refractivity contribution in [1.82, 2.24) is 4.90 Å². The molecule has 78 valence electrons. The first kappa shape index (κ1) is 11.6. The third-order valence-corrected chi connectivity index (χ3v) is 3.01. The zero-order chi connectivity index (χ0) is 9.90. The van der Waals surface area contributed by atoms with Gasteiger partial charge in [0.25, 0.3) is 6.43 Å². The zero-order valence-electron chi connectivity index (χ0n) is 7.35. The molecule has 2 nitrogen and oxygen atoms in total. The normalized spacial score (nSPS) is 23.8. The average molecular weight is 305 g/mol. The van der Waals surface area contributed by atoms with E-state index in [1.54, 1.807) is 0 Å². The molecule has 0 radical (unpaired) electrons. The molecule has 1 N–H and O–H groups in total. The first-order chi connectivity index (χ1) is 6.08. The molecule has 0 unspecified atom stereocenters. The molecular weight excluding hydrogens is 291 g/mol. The molecule has 13 heavy (non-hydrogen) atoms. The van der Waals surface area contributed by atoms with Crippen LogP contribution in [0.1, 0.15) is 12.8 Å². The van der Waals surface area contributed by atoms with Crippen LogP contribution in [0.2, 0.25) is 0 Å². The van der Waals surface area contributed by atoms with E-state index in [-0.39, 0.29) is 12.8 Å². The molecule has 1 aliphatic rings. The Morgan fingerprint density at radius 2 is 1.92 bits per heavy atom. The van der Waals surface area contributed by atoms with Gasteiger partial charge in [0.15, 0.2) is 0 Å². The molecule has 0 aromatic carbocycles. The molecule has 0 aliphatic carbocycles. The van der Waals surface area contributed by atoms with Gasteiger partial charge >= 0.3 is 0 Å². The Labute approximate surface area is 90.4 Å². The van der Waals surface area contributed by atoms with E-state index in [1.807, 2.05) is 0 Å². The van der Waals surface area contributed by atoms with Gasteiger partial charge in [0.05, 0.1) is 0 Å². The van der Waals surface area contributed by atoms with Gasteiger partial charge in [-0.2, -0.15) is 0 Å². The average Bonchev–Trinajstić information content (AvgIpc) is 2.09. The first-order valence-corrected chi connectivity index (χ1v) is 5.90. The lowest BCUT2D eigenvalue weighted by molar-refractivity contribution is -0.125. The molecule has 0 bridgehead atoms. The van der Waals surface area contributed by atoms with Crippen LogP contribution in [-0.4, -0.2) is 46.1 Å². The Hall–Kier alpha value is 0.510. The molecule has 1 fully saturated rings. The summed E-state index contributed by atoms with van der Waals surface area (Å²) in [5, 5.41) is 9.46. The number of alkyl halides is 3. The number of nitrogens with zero attached hydrogens (tertiary/aromatic N) is 1. The Bertz CT molecular complexity index is 160. The van der Waals surface area contributed by atoms with Gasteiger partial charge in [0.1, 0.15) is 5.60 Å². The maximum atomic E-state index is 12.3. The van der Waals surface area contributed by atoms with Crippen LogP contribution in [0.15, 0.2) is 0 Å². The van der Waals surface area contributed by atoms with Gasteiger partial charge in [0.2, 0.25) is 0 Å². The van der Waals surface area contributed by atoms with E-state index in [0.717, 1.165) is 11.0 Å². The van der Waals surface area contributed by atoms with Crippen molar-refractivity contribution in [2.45, 2.75) is 24.9 Å². The molecule has 0 atom stereocenters. The summed E-state index contributed by atoms with van der Waals surface area (Å²) in [4.78, 5) is 2.11. The lowest BCUT2D eigenvalue weighted by Gasteiger charge is -2.37. The highest BCUT2D eigenvalue weighted by atomic mass is 127. The summed E-state index contributed by atoms with van der Waals surface area (Å²) < 4.78 is 25.7. The molecule has 5 heteroatoms. The van der Waals surface area contributed by atoms with Crippen LogP contribution < -0.4 is 0 Å². The van der Waals surface area contributed by atoms with Crippen LogP contribution >= 0.6 is 22.6 Å². The fourth-order valence-electron chi connectivity index (χ4n) is 1.50. The van der Waals surface area contributed by atoms with Crippen molar-refractivity contribution in [3.8, 4) is 0 Å². The van der Waals surface area contributed by atoms with Gasteiger partial charge in [-0.05, 0) is 12.8 Å². The first-order valence-electron chi connectivity index (χ1n) is 4.37. The van der Waals surface area contributed by atoms with Crippen LogP contribution in [0.3, 0.4) is 0 Å². The van der Waals surface area contributed by atoms with Crippen molar-refractivity contribution in [2.24, 2.45) is 0 Å². The van der Waals surface area contributed by atoms with Crippen molar-refractivity contribution in [2.75, 3.05) is 24.1 Å². The summed E-state index contributed by atoms with van der Waals surface area (Å²) in [6.07, 6.45) is -2.21. The highest BCUT2D eigenvalue weighted by Gasteiger charge is 2.40. The molecule has 1 saturated heterocycles. The van der Waals surface area contributed by atoms with E-state index >= 15 is 0 Å². The molecule has 0 aromatic rings. The number of likely N-dealkylation sites (tertiary alicyclic amines) is 1. The molecule has 0 saturated carbocycles. The largest absolute Gasteiger partial charge is 0.384 e. The topological polar surface area (TPSA) is 23.5 Å². The summed E-state index contributed by atoms with van der Waals surface area (Å²) in [6.45, 7) is 2.10. The number of halogens is 3. The highest BCUT2D eigenvalue weighted by molar-refractivity contribution is 14.1. The van der Waals surface area contributed by atoms with E-state index in [4.69, 9.17) is 0 Å². The summed E-state index contributed by atoms with van der Waals surface area (Å²) in [7, 11) is 0.